The van der Waals surface area contributed by atoms with Crippen molar-refractivity contribution in [2.75, 3.05) is 5.32 Å². The molecule has 0 aliphatic carbocycles. The number of carbonyl (C=O) groups excluding carboxylic acids is 1. The van der Waals surface area contributed by atoms with Gasteiger partial charge in [-0.3, -0.25) is 4.79 Å². The van der Waals surface area contributed by atoms with Crippen molar-refractivity contribution in [3.05, 3.63) is 57.6 Å². The van der Waals surface area contributed by atoms with Crippen molar-refractivity contribution in [2.45, 2.75) is 0 Å². The van der Waals surface area contributed by atoms with Gasteiger partial charge in [0.25, 0.3) is 5.91 Å². The van der Waals surface area contributed by atoms with Crippen molar-refractivity contribution in [1.82, 2.24) is 0 Å². The summed E-state index contributed by atoms with van der Waals surface area (Å²) in [5.41, 5.74) is 0.540. The molecule has 0 atom stereocenters. The highest BCUT2D eigenvalue weighted by atomic mass is 35.5. The SMILES string of the molecule is O=C(Nc1ccc(C(=O)O)c(Cl)c1)c1ccc(O)c(Cl)c1. The molecule has 0 saturated heterocycles. The van der Waals surface area contributed by atoms with E-state index in [4.69, 9.17) is 28.3 Å². The number of hydrogen-bond donors (Lipinski definition) is 3. The lowest BCUT2D eigenvalue weighted by atomic mass is 10.1. The second-order valence-corrected chi connectivity index (χ2v) is 4.93. The third kappa shape index (κ3) is 3.45. The van der Waals surface area contributed by atoms with Crippen LogP contribution in [0.4, 0.5) is 5.69 Å². The number of phenolic OH excluding ortho intramolecular Hbond substituents is 1. The number of hydrogen-bond acceptors (Lipinski definition) is 3. The highest BCUT2D eigenvalue weighted by molar-refractivity contribution is 6.34. The zero-order chi connectivity index (χ0) is 15.6. The predicted molar refractivity (Wildman–Crippen MR) is 79.5 cm³/mol. The van der Waals surface area contributed by atoms with E-state index in [2.05, 4.69) is 5.32 Å². The van der Waals surface area contributed by atoms with Crippen LogP contribution in [0.15, 0.2) is 36.4 Å². The number of nitrogens with one attached hydrogen (secondary N) is 1. The van der Waals surface area contributed by atoms with Crippen LogP contribution in [0.1, 0.15) is 20.7 Å². The lowest BCUT2D eigenvalue weighted by Gasteiger charge is -2.07. The molecule has 0 aliphatic rings. The van der Waals surface area contributed by atoms with E-state index in [-0.39, 0.29) is 26.9 Å². The Bertz CT molecular complexity index is 731. The standard InChI is InChI=1S/C14H9Cl2NO4/c15-10-6-8(2-3-9(10)14(20)21)17-13(19)7-1-4-12(18)11(16)5-7/h1-6,18H,(H,17,19)(H,20,21). The number of aromatic carboxylic acids is 1. The van der Waals surface area contributed by atoms with Crippen molar-refractivity contribution in [3.63, 3.8) is 0 Å². The van der Waals surface area contributed by atoms with Gasteiger partial charge in [0.2, 0.25) is 0 Å². The highest BCUT2D eigenvalue weighted by Crippen LogP contribution is 2.25. The topological polar surface area (TPSA) is 86.6 Å². The molecule has 7 heteroatoms. The average molecular weight is 326 g/mol. The number of aromatic hydroxyl groups is 1. The Labute approximate surface area is 129 Å². The largest absolute Gasteiger partial charge is 0.506 e. The van der Waals surface area contributed by atoms with Crippen molar-refractivity contribution in [3.8, 4) is 5.75 Å². The summed E-state index contributed by atoms with van der Waals surface area (Å²) in [6.07, 6.45) is 0. The van der Waals surface area contributed by atoms with Gasteiger partial charge in [0.1, 0.15) is 5.75 Å². The Kier molecular flexibility index (Phi) is 4.35. The van der Waals surface area contributed by atoms with E-state index in [0.29, 0.717) is 5.69 Å². The van der Waals surface area contributed by atoms with Crippen LogP contribution in [0.25, 0.3) is 0 Å². The lowest BCUT2D eigenvalue weighted by Crippen LogP contribution is -2.12. The van der Waals surface area contributed by atoms with Gasteiger partial charge in [-0.2, -0.15) is 0 Å². The summed E-state index contributed by atoms with van der Waals surface area (Å²) in [6, 6.07) is 8.09. The Morgan fingerprint density at radius 2 is 1.71 bits per heavy atom. The predicted octanol–water partition coefficient (Wildman–Crippen LogP) is 3.65. The number of halogens is 2. The lowest BCUT2D eigenvalue weighted by molar-refractivity contribution is 0.0697. The fourth-order valence-corrected chi connectivity index (χ4v) is 2.06. The van der Waals surface area contributed by atoms with E-state index < -0.39 is 11.9 Å². The monoisotopic (exact) mass is 325 g/mol. The summed E-state index contributed by atoms with van der Waals surface area (Å²) in [6.45, 7) is 0. The van der Waals surface area contributed by atoms with Gasteiger partial charge in [0.15, 0.2) is 0 Å². The molecule has 21 heavy (non-hydrogen) atoms. The second-order valence-electron chi connectivity index (χ2n) is 4.12. The molecule has 108 valence electrons. The summed E-state index contributed by atoms with van der Waals surface area (Å²) < 4.78 is 0. The van der Waals surface area contributed by atoms with Gasteiger partial charge in [0, 0.05) is 11.3 Å². The summed E-state index contributed by atoms with van der Waals surface area (Å²) >= 11 is 11.5. The molecule has 3 N–H and O–H groups in total. The van der Waals surface area contributed by atoms with Gasteiger partial charge in [-0.1, -0.05) is 23.2 Å². The molecule has 0 heterocycles. The minimum absolute atomic E-state index is 0.0176. The van der Waals surface area contributed by atoms with Gasteiger partial charge in [-0.25, -0.2) is 4.79 Å². The quantitative estimate of drug-likeness (QED) is 0.803. The molecule has 1 amide bonds. The molecule has 0 aromatic heterocycles. The molecular weight excluding hydrogens is 317 g/mol. The number of amides is 1. The molecule has 0 unspecified atom stereocenters. The molecule has 0 radical (unpaired) electrons. The maximum Gasteiger partial charge on any atom is 0.337 e. The van der Waals surface area contributed by atoms with Crippen molar-refractivity contribution >= 4 is 40.8 Å². The van der Waals surface area contributed by atoms with Gasteiger partial charge >= 0.3 is 5.97 Å². The van der Waals surface area contributed by atoms with Crippen LogP contribution in [-0.4, -0.2) is 22.1 Å². The van der Waals surface area contributed by atoms with Gasteiger partial charge in [-0.15, -0.1) is 0 Å². The fourth-order valence-electron chi connectivity index (χ4n) is 1.62. The summed E-state index contributed by atoms with van der Waals surface area (Å²) in [4.78, 5) is 22.8. The molecule has 0 fully saturated rings. The van der Waals surface area contributed by atoms with Crippen LogP contribution in [-0.2, 0) is 0 Å². The van der Waals surface area contributed by atoms with Crippen molar-refractivity contribution in [1.29, 1.82) is 0 Å². The first-order chi connectivity index (χ1) is 9.88. The third-order valence-corrected chi connectivity index (χ3v) is 3.28. The van der Waals surface area contributed by atoms with E-state index in [9.17, 15) is 14.7 Å². The highest BCUT2D eigenvalue weighted by Gasteiger charge is 2.12. The average Bonchev–Trinajstić information content (AvgIpc) is 2.41. The molecular formula is C14H9Cl2NO4. The Hall–Kier alpha value is -2.24. The number of carbonyl (C=O) groups is 2. The van der Waals surface area contributed by atoms with Gasteiger partial charge < -0.3 is 15.5 Å². The molecule has 2 aromatic carbocycles. The van der Waals surface area contributed by atoms with Crippen molar-refractivity contribution < 1.29 is 19.8 Å². The summed E-state index contributed by atoms with van der Waals surface area (Å²) in [7, 11) is 0. The molecule has 0 saturated carbocycles. The Morgan fingerprint density at radius 1 is 1.00 bits per heavy atom. The number of carboxylic acids is 1. The minimum Gasteiger partial charge on any atom is -0.506 e. The van der Waals surface area contributed by atoms with Crippen LogP contribution in [0.5, 0.6) is 5.75 Å². The van der Waals surface area contributed by atoms with Gasteiger partial charge in [-0.05, 0) is 36.4 Å². The van der Waals surface area contributed by atoms with E-state index in [0.717, 1.165) is 0 Å². The van der Waals surface area contributed by atoms with E-state index in [1.54, 1.807) is 0 Å². The third-order valence-electron chi connectivity index (χ3n) is 2.67. The smallest absolute Gasteiger partial charge is 0.337 e. The van der Waals surface area contributed by atoms with E-state index in [1.807, 2.05) is 0 Å². The molecule has 0 spiro atoms. The Morgan fingerprint density at radius 3 is 2.29 bits per heavy atom. The van der Waals surface area contributed by atoms with Crippen LogP contribution >= 0.6 is 23.2 Å². The van der Waals surface area contributed by atoms with Gasteiger partial charge in [0.05, 0.1) is 15.6 Å². The number of anilines is 1. The number of benzene rings is 2. The van der Waals surface area contributed by atoms with E-state index >= 15 is 0 Å². The van der Waals surface area contributed by atoms with Crippen LogP contribution in [0.3, 0.4) is 0 Å². The van der Waals surface area contributed by atoms with Crippen LogP contribution < -0.4 is 5.32 Å². The molecule has 5 nitrogen and oxygen atoms in total. The Balaban J connectivity index is 2.21. The second kappa shape index (κ2) is 6.03. The fraction of sp³-hybridized carbons (Fsp3) is 0. The molecule has 0 aliphatic heterocycles. The number of phenols is 1. The minimum atomic E-state index is -1.15. The first-order valence-corrected chi connectivity index (χ1v) is 6.47. The first kappa shape index (κ1) is 15.2. The molecule has 2 aromatic rings. The van der Waals surface area contributed by atoms with Crippen LogP contribution in [0.2, 0.25) is 10.0 Å². The molecule has 0 bridgehead atoms. The summed E-state index contributed by atoms with van der Waals surface area (Å²) in [5.74, 6) is -1.73. The van der Waals surface area contributed by atoms with Crippen molar-refractivity contribution in [2.24, 2.45) is 0 Å². The maximum atomic E-state index is 12.0. The zero-order valence-corrected chi connectivity index (χ0v) is 11.9. The zero-order valence-electron chi connectivity index (χ0n) is 10.4. The van der Waals surface area contributed by atoms with Crippen LogP contribution in [0, 0.1) is 0 Å². The maximum absolute atomic E-state index is 12.0. The first-order valence-electron chi connectivity index (χ1n) is 5.71. The number of carboxylic acid groups (broad SMARTS) is 1. The van der Waals surface area contributed by atoms with E-state index in [1.165, 1.54) is 36.4 Å². The normalized spacial score (nSPS) is 10.2. The molecule has 2 rings (SSSR count). The summed E-state index contributed by atoms with van der Waals surface area (Å²) in [5, 5.41) is 20.8. The number of rotatable bonds is 3.